The Morgan fingerprint density at radius 2 is 0.676 bits per heavy atom. The number of rotatable bonds is 12. The minimum Gasteiger partial charge on any atom is -0.489 e. The molecule has 6 aromatic rings. The van der Waals surface area contributed by atoms with E-state index in [9.17, 15) is 19.2 Å². The SMILES string of the molecule is C[C@@H]1Cc2cc(OCc3ccccc3)cc(OCc3ccccc3)c2C(=O)O[C@H](C)CC(=O)O[C@H](C)Cc2cc(OCc3ccccc3)cc(OCc3ccccc3)c2C(=O)O[C@H](C)CC(=O)O1. The number of fused-ring (bicyclic) bond motifs is 2. The third-order valence-corrected chi connectivity index (χ3v) is 10.9. The molecule has 4 atom stereocenters. The molecular formula is C56H56O12. The summed E-state index contributed by atoms with van der Waals surface area (Å²) in [6.07, 6.45) is -3.91. The molecule has 1 heterocycles. The van der Waals surface area contributed by atoms with Gasteiger partial charge in [0.05, 0.1) is 12.8 Å². The van der Waals surface area contributed by atoms with Crippen LogP contribution in [0.4, 0.5) is 0 Å². The molecule has 0 fully saturated rings. The average Bonchev–Trinajstić information content (AvgIpc) is 3.31. The van der Waals surface area contributed by atoms with Gasteiger partial charge in [-0.05, 0) is 73.2 Å². The van der Waals surface area contributed by atoms with E-state index in [4.69, 9.17) is 37.9 Å². The highest BCUT2D eigenvalue weighted by Crippen LogP contribution is 2.35. The first kappa shape index (κ1) is 48.3. The van der Waals surface area contributed by atoms with Crippen LogP contribution in [0.2, 0.25) is 0 Å². The lowest BCUT2D eigenvalue weighted by Crippen LogP contribution is -2.27. The maximum atomic E-state index is 14.3. The van der Waals surface area contributed by atoms with E-state index in [1.807, 2.05) is 121 Å². The maximum absolute atomic E-state index is 14.3. The van der Waals surface area contributed by atoms with Crippen LogP contribution < -0.4 is 18.9 Å². The van der Waals surface area contributed by atoms with Crippen LogP contribution in [0.25, 0.3) is 0 Å². The molecule has 0 aliphatic carbocycles. The molecule has 6 aromatic carbocycles. The zero-order chi connectivity index (χ0) is 47.8. The third kappa shape index (κ3) is 14.2. The summed E-state index contributed by atoms with van der Waals surface area (Å²) in [5.74, 6) is -1.58. The van der Waals surface area contributed by atoms with Gasteiger partial charge in [0.2, 0.25) is 0 Å². The first-order valence-electron chi connectivity index (χ1n) is 22.8. The lowest BCUT2D eigenvalue weighted by atomic mass is 9.99. The molecule has 12 heteroatoms. The maximum Gasteiger partial charge on any atom is 0.342 e. The minimum atomic E-state index is -0.938. The first-order chi connectivity index (χ1) is 32.9. The van der Waals surface area contributed by atoms with Crippen LogP contribution in [0.15, 0.2) is 146 Å². The Bertz CT molecular complexity index is 2440. The predicted molar refractivity (Wildman–Crippen MR) is 253 cm³/mol. The number of carbonyl (C=O) groups is 4. The van der Waals surface area contributed by atoms with Gasteiger partial charge < -0.3 is 37.9 Å². The van der Waals surface area contributed by atoms with Crippen molar-refractivity contribution < 1.29 is 57.1 Å². The van der Waals surface area contributed by atoms with Crippen molar-refractivity contribution in [3.8, 4) is 23.0 Å². The van der Waals surface area contributed by atoms with E-state index >= 15 is 0 Å². The standard InChI is InChI=1S/C56H56O12/c1-37-25-45-29-47(61-33-41-17-9-5-10-18-41)31-49(63-35-43-21-13-7-14-22-43)53(45)55(59)68-40(4)28-52(58)66-38(2)26-46-30-48(62-34-42-19-11-6-12-20-42)32-50(64-36-44-23-15-8-16-24-44)54(46)56(60)67-39(3)27-51(57)65-37/h5-24,29-32,37-40H,25-28,33-36H2,1-4H3/t37-,38-,39-,40-/m1/s1. The van der Waals surface area contributed by atoms with Gasteiger partial charge in [0.1, 0.15) is 85.0 Å². The summed E-state index contributed by atoms with van der Waals surface area (Å²) in [5.41, 5.74) is 4.59. The van der Waals surface area contributed by atoms with Gasteiger partial charge in [-0.25, -0.2) is 9.59 Å². The molecule has 352 valence electrons. The fourth-order valence-corrected chi connectivity index (χ4v) is 7.71. The lowest BCUT2D eigenvalue weighted by Gasteiger charge is -2.23. The predicted octanol–water partition coefficient (Wildman–Crippen LogP) is 10.5. The number of hydrogen-bond acceptors (Lipinski definition) is 12. The van der Waals surface area contributed by atoms with Crippen LogP contribution >= 0.6 is 0 Å². The second-order valence-corrected chi connectivity index (χ2v) is 16.9. The number of hydrogen-bond donors (Lipinski definition) is 0. The average molecular weight is 921 g/mol. The zero-order valence-electron chi connectivity index (χ0n) is 38.7. The van der Waals surface area contributed by atoms with E-state index in [-0.39, 0.29) is 74.7 Å². The van der Waals surface area contributed by atoms with Crippen molar-refractivity contribution in [3.63, 3.8) is 0 Å². The molecule has 0 radical (unpaired) electrons. The molecule has 0 amide bonds. The molecule has 1 aliphatic rings. The van der Waals surface area contributed by atoms with E-state index in [0.717, 1.165) is 22.3 Å². The van der Waals surface area contributed by atoms with Crippen molar-refractivity contribution in [1.29, 1.82) is 0 Å². The van der Waals surface area contributed by atoms with Crippen LogP contribution in [0.1, 0.15) is 94.6 Å². The number of esters is 4. The molecule has 0 spiro atoms. The van der Waals surface area contributed by atoms with E-state index in [2.05, 4.69) is 0 Å². The van der Waals surface area contributed by atoms with Gasteiger partial charge in [0.15, 0.2) is 0 Å². The Kier molecular flexibility index (Phi) is 16.9. The molecule has 0 bridgehead atoms. The second-order valence-electron chi connectivity index (χ2n) is 16.9. The lowest BCUT2D eigenvalue weighted by molar-refractivity contribution is -0.151. The van der Waals surface area contributed by atoms with Crippen molar-refractivity contribution in [3.05, 3.63) is 190 Å². The second kappa shape index (κ2) is 23.7. The minimum absolute atomic E-state index is 0.0483. The fourth-order valence-electron chi connectivity index (χ4n) is 7.71. The van der Waals surface area contributed by atoms with Gasteiger partial charge in [0, 0.05) is 25.0 Å². The van der Waals surface area contributed by atoms with Gasteiger partial charge >= 0.3 is 23.9 Å². The highest BCUT2D eigenvalue weighted by molar-refractivity contribution is 5.96. The molecule has 7 rings (SSSR count). The van der Waals surface area contributed by atoms with Crippen molar-refractivity contribution in [2.45, 2.75) is 104 Å². The highest BCUT2D eigenvalue weighted by atomic mass is 16.6. The number of carbonyl (C=O) groups excluding carboxylic acids is 4. The Morgan fingerprint density at radius 3 is 1.00 bits per heavy atom. The third-order valence-electron chi connectivity index (χ3n) is 10.9. The molecule has 1 aliphatic heterocycles. The van der Waals surface area contributed by atoms with Crippen molar-refractivity contribution >= 4 is 23.9 Å². The van der Waals surface area contributed by atoms with Crippen LogP contribution in [0.5, 0.6) is 23.0 Å². The van der Waals surface area contributed by atoms with Gasteiger partial charge in [-0.3, -0.25) is 9.59 Å². The van der Waals surface area contributed by atoms with Crippen LogP contribution in [0, 0.1) is 0 Å². The number of cyclic esters (lactones) is 4. The van der Waals surface area contributed by atoms with Crippen LogP contribution in [-0.2, 0) is 67.8 Å². The molecule has 0 unspecified atom stereocenters. The van der Waals surface area contributed by atoms with Gasteiger partial charge in [-0.1, -0.05) is 121 Å². The van der Waals surface area contributed by atoms with Crippen molar-refractivity contribution in [2.24, 2.45) is 0 Å². The summed E-state index contributed by atoms with van der Waals surface area (Å²) < 4.78 is 48.9. The van der Waals surface area contributed by atoms with Crippen LogP contribution in [-0.4, -0.2) is 48.3 Å². The molecule has 0 aromatic heterocycles. The largest absolute Gasteiger partial charge is 0.489 e. The first-order valence-corrected chi connectivity index (χ1v) is 22.8. The van der Waals surface area contributed by atoms with Crippen molar-refractivity contribution in [1.82, 2.24) is 0 Å². The Labute approximate surface area is 397 Å². The summed E-state index contributed by atoms with van der Waals surface area (Å²) >= 11 is 0. The van der Waals surface area contributed by atoms with Gasteiger partial charge in [0.25, 0.3) is 0 Å². The molecule has 12 nitrogen and oxygen atoms in total. The van der Waals surface area contributed by atoms with Gasteiger partial charge in [-0.2, -0.15) is 0 Å². The van der Waals surface area contributed by atoms with Crippen LogP contribution in [0.3, 0.4) is 0 Å². The van der Waals surface area contributed by atoms with Gasteiger partial charge in [-0.15, -0.1) is 0 Å². The molecular weight excluding hydrogens is 865 g/mol. The summed E-state index contributed by atoms with van der Waals surface area (Å²) in [4.78, 5) is 55.9. The quantitative estimate of drug-likeness (QED) is 0.0852. The molecule has 68 heavy (non-hydrogen) atoms. The molecule has 0 saturated carbocycles. The van der Waals surface area contributed by atoms with E-state index in [0.29, 0.717) is 22.6 Å². The zero-order valence-corrected chi connectivity index (χ0v) is 38.7. The smallest absolute Gasteiger partial charge is 0.342 e. The number of benzene rings is 6. The molecule has 0 saturated heterocycles. The van der Waals surface area contributed by atoms with E-state index in [1.54, 1.807) is 52.0 Å². The Balaban J connectivity index is 1.20. The fraction of sp³-hybridized carbons (Fsp3) is 0.286. The van der Waals surface area contributed by atoms with E-state index < -0.39 is 48.3 Å². The summed E-state index contributed by atoms with van der Waals surface area (Å²) in [6.45, 7) is 7.29. The topological polar surface area (TPSA) is 142 Å². The Hall–Kier alpha value is -7.60. The normalized spacial score (nSPS) is 18.3. The summed E-state index contributed by atoms with van der Waals surface area (Å²) in [5, 5.41) is 0. The monoisotopic (exact) mass is 920 g/mol. The van der Waals surface area contributed by atoms with Crippen molar-refractivity contribution in [2.75, 3.05) is 0 Å². The molecule has 0 N–H and O–H groups in total. The highest BCUT2D eigenvalue weighted by Gasteiger charge is 2.30. The number of ether oxygens (including phenoxy) is 8. The Morgan fingerprint density at radius 1 is 0.382 bits per heavy atom. The van der Waals surface area contributed by atoms with E-state index in [1.165, 1.54) is 0 Å². The summed E-state index contributed by atoms with van der Waals surface area (Å²) in [7, 11) is 0. The summed E-state index contributed by atoms with van der Waals surface area (Å²) in [6, 6.07) is 44.8.